The normalized spacial score (nSPS) is 28.9. The Morgan fingerprint density at radius 2 is 1.85 bits per heavy atom. The average Bonchev–Trinajstić information content (AvgIpc) is 4.04. The summed E-state index contributed by atoms with van der Waals surface area (Å²) in [6.45, 7) is 7.31. The molecule has 300 valence electrons. The third kappa shape index (κ3) is 9.34. The molecule has 7 unspecified atom stereocenters. The summed E-state index contributed by atoms with van der Waals surface area (Å²) >= 11 is 0. The second-order valence-electron chi connectivity index (χ2n) is 16.3. The predicted molar refractivity (Wildman–Crippen MR) is 203 cm³/mol. The number of carbonyl (C=O) groups excluding carboxylic acids is 4. The van der Waals surface area contributed by atoms with Gasteiger partial charge in [-0.25, -0.2) is 18.2 Å². The Hall–Kier alpha value is -4.44. The molecule has 16 heteroatoms. The first-order valence-electron chi connectivity index (χ1n) is 19.0. The monoisotopic (exact) mass is 783 g/mol. The molecule has 3 heterocycles. The van der Waals surface area contributed by atoms with Crippen LogP contribution in [0.4, 0.5) is 4.79 Å². The maximum Gasteiger partial charge on any atom is 0.408 e. The van der Waals surface area contributed by atoms with Crippen LogP contribution in [0, 0.1) is 17.8 Å². The van der Waals surface area contributed by atoms with Crippen LogP contribution in [0.2, 0.25) is 0 Å². The lowest BCUT2D eigenvalue weighted by atomic mass is 9.87. The number of ether oxygens (including phenoxy) is 4. The van der Waals surface area contributed by atoms with Gasteiger partial charge >= 0.3 is 6.09 Å². The van der Waals surface area contributed by atoms with Crippen LogP contribution in [0.25, 0.3) is 10.8 Å². The first-order chi connectivity index (χ1) is 26.0. The van der Waals surface area contributed by atoms with Crippen molar-refractivity contribution in [3.8, 4) is 11.6 Å². The Kier molecular flexibility index (Phi) is 11.7. The van der Waals surface area contributed by atoms with Gasteiger partial charge in [0, 0.05) is 36.9 Å². The van der Waals surface area contributed by atoms with E-state index in [0.29, 0.717) is 42.7 Å². The number of benzene rings is 1. The fourth-order valence-corrected chi connectivity index (χ4v) is 9.00. The first-order valence-corrected chi connectivity index (χ1v) is 20.5. The lowest BCUT2D eigenvalue weighted by molar-refractivity contribution is -0.142. The van der Waals surface area contributed by atoms with Gasteiger partial charge in [-0.1, -0.05) is 19.1 Å². The van der Waals surface area contributed by atoms with E-state index in [2.05, 4.69) is 27.3 Å². The number of aromatic nitrogens is 1. The summed E-state index contributed by atoms with van der Waals surface area (Å²) in [6.07, 6.45) is 6.91. The van der Waals surface area contributed by atoms with E-state index in [0.717, 1.165) is 11.8 Å². The van der Waals surface area contributed by atoms with Gasteiger partial charge in [0.25, 0.3) is 5.91 Å². The molecule has 2 aliphatic heterocycles. The van der Waals surface area contributed by atoms with Gasteiger partial charge in [-0.3, -0.25) is 19.1 Å². The number of hydrogen-bond donors (Lipinski definition) is 3. The van der Waals surface area contributed by atoms with E-state index in [1.54, 1.807) is 40.1 Å². The van der Waals surface area contributed by atoms with Crippen LogP contribution in [0.3, 0.4) is 0 Å². The largest absolute Gasteiger partial charge is 0.497 e. The minimum absolute atomic E-state index is 0.0227. The van der Waals surface area contributed by atoms with Crippen molar-refractivity contribution in [1.29, 1.82) is 0 Å². The minimum atomic E-state index is -3.91. The number of methoxy groups -OCH3 is 2. The SMILES string of the molecule is COCC1CC(C)CCC=CC2CC2(C(=O)NS(=O)(=O)C2CC2)NC(=O)C2CC(Oc3nccc4cc(OC)ccc34)CN2C(=O)C1NC(=O)OC(C)(C)C. The van der Waals surface area contributed by atoms with Gasteiger partial charge in [0.15, 0.2) is 0 Å². The lowest BCUT2D eigenvalue weighted by Gasteiger charge is -2.34. The summed E-state index contributed by atoms with van der Waals surface area (Å²) in [6, 6.07) is 4.96. The zero-order chi connectivity index (χ0) is 39.7. The molecule has 1 aromatic heterocycles. The van der Waals surface area contributed by atoms with E-state index in [1.165, 1.54) is 12.0 Å². The van der Waals surface area contributed by atoms with Crippen molar-refractivity contribution in [3.63, 3.8) is 0 Å². The molecule has 1 saturated heterocycles. The standard InChI is InChI=1S/C39H53N5O10S/c1-23-9-7-8-10-26-20-39(26,36(47)43-55(49,50)29-12-13-29)42-33(45)31-19-28(53-34-30-14-11-27(52-6)18-24(30)15-16-40-34)21-44(31)35(46)32(25(17-23)22-51-5)41-37(48)54-38(2,3)4/h8,10-11,14-16,18,23,25-26,28-29,31-32H,7,9,12-13,17,19-22H2,1-6H3,(H,41,48)(H,42,45)(H,43,47). The van der Waals surface area contributed by atoms with E-state index in [1.807, 2.05) is 30.4 Å². The van der Waals surface area contributed by atoms with Crippen LogP contribution in [0.5, 0.6) is 11.6 Å². The van der Waals surface area contributed by atoms with Crippen molar-refractivity contribution in [2.45, 2.75) is 107 Å². The quantitative estimate of drug-likeness (QED) is 0.315. The highest BCUT2D eigenvalue weighted by atomic mass is 32.2. The lowest BCUT2D eigenvalue weighted by Crippen LogP contribution is -2.59. The van der Waals surface area contributed by atoms with Crippen molar-refractivity contribution >= 4 is 44.6 Å². The molecule has 55 heavy (non-hydrogen) atoms. The molecule has 4 amide bonds. The summed E-state index contributed by atoms with van der Waals surface area (Å²) in [4.78, 5) is 62.4. The Bertz CT molecular complexity index is 1930. The maximum absolute atomic E-state index is 14.9. The van der Waals surface area contributed by atoms with Gasteiger partial charge in [-0.05, 0) is 94.9 Å². The first kappa shape index (κ1) is 40.2. The number of sulfonamides is 1. The summed E-state index contributed by atoms with van der Waals surface area (Å²) in [7, 11) is -0.810. The van der Waals surface area contributed by atoms with Crippen LogP contribution >= 0.6 is 0 Å². The second-order valence-corrected chi connectivity index (χ2v) is 18.3. The Morgan fingerprint density at radius 3 is 2.55 bits per heavy atom. The van der Waals surface area contributed by atoms with Gasteiger partial charge in [0.05, 0.1) is 25.5 Å². The molecule has 3 fully saturated rings. The molecule has 1 aromatic carbocycles. The average molecular weight is 784 g/mol. The molecule has 7 atom stereocenters. The fourth-order valence-electron chi connectivity index (χ4n) is 7.63. The van der Waals surface area contributed by atoms with E-state index in [4.69, 9.17) is 18.9 Å². The van der Waals surface area contributed by atoms with Crippen LogP contribution in [-0.2, 0) is 33.9 Å². The number of rotatable bonds is 9. The minimum Gasteiger partial charge on any atom is -0.497 e. The van der Waals surface area contributed by atoms with Gasteiger partial charge < -0.3 is 34.5 Å². The number of nitrogens with one attached hydrogen (secondary N) is 3. The smallest absolute Gasteiger partial charge is 0.408 e. The summed E-state index contributed by atoms with van der Waals surface area (Å²) in [5.41, 5.74) is -2.38. The molecule has 3 N–H and O–H groups in total. The topological polar surface area (TPSA) is 192 Å². The van der Waals surface area contributed by atoms with Crippen LogP contribution in [0.15, 0.2) is 42.6 Å². The number of pyridine rings is 1. The molecule has 6 rings (SSSR count). The van der Waals surface area contributed by atoms with Gasteiger partial charge in [-0.2, -0.15) is 0 Å². The molecule has 2 saturated carbocycles. The van der Waals surface area contributed by atoms with E-state index in [-0.39, 0.29) is 31.9 Å². The molecule has 0 spiro atoms. The molecule has 15 nitrogen and oxygen atoms in total. The van der Waals surface area contributed by atoms with Crippen molar-refractivity contribution in [2.24, 2.45) is 17.8 Å². The van der Waals surface area contributed by atoms with Crippen LogP contribution in [0.1, 0.15) is 72.6 Å². The molecular formula is C39H53N5O10S. The highest BCUT2D eigenvalue weighted by molar-refractivity contribution is 7.91. The third-order valence-electron chi connectivity index (χ3n) is 10.7. The Morgan fingerprint density at radius 1 is 1.09 bits per heavy atom. The molecule has 0 bridgehead atoms. The van der Waals surface area contributed by atoms with Gasteiger partial charge in [0.1, 0.15) is 35.1 Å². The highest BCUT2D eigenvalue weighted by Crippen LogP contribution is 2.46. The zero-order valence-corrected chi connectivity index (χ0v) is 33.1. The number of carbonyl (C=O) groups is 4. The zero-order valence-electron chi connectivity index (χ0n) is 32.3. The van der Waals surface area contributed by atoms with E-state index >= 15 is 0 Å². The highest BCUT2D eigenvalue weighted by Gasteiger charge is 2.62. The number of hydrogen-bond acceptors (Lipinski definition) is 11. The molecule has 0 radical (unpaired) electrons. The van der Waals surface area contributed by atoms with Crippen molar-refractivity contribution < 1.29 is 46.5 Å². The number of alkyl carbamates (subject to hydrolysis) is 1. The predicted octanol–water partition coefficient (Wildman–Crippen LogP) is 3.61. The fraction of sp³-hybridized carbons (Fsp3) is 0.615. The summed E-state index contributed by atoms with van der Waals surface area (Å²) in [5, 5.41) is 6.57. The van der Waals surface area contributed by atoms with Crippen LogP contribution in [-0.4, -0.2) is 104 Å². The van der Waals surface area contributed by atoms with E-state index in [9.17, 15) is 27.6 Å². The number of allylic oxidation sites excluding steroid dienone is 1. The number of amides is 4. The Balaban J connectivity index is 1.37. The van der Waals surface area contributed by atoms with Gasteiger partial charge in [-0.15, -0.1) is 0 Å². The molecule has 4 aliphatic rings. The molecule has 2 aliphatic carbocycles. The second kappa shape index (κ2) is 16.0. The van der Waals surface area contributed by atoms with Crippen molar-refractivity contribution in [1.82, 2.24) is 25.2 Å². The molecule has 2 aromatic rings. The maximum atomic E-state index is 14.9. The van der Waals surface area contributed by atoms with Crippen molar-refractivity contribution in [3.05, 3.63) is 42.6 Å². The van der Waals surface area contributed by atoms with Crippen LogP contribution < -0.4 is 24.8 Å². The van der Waals surface area contributed by atoms with Crippen molar-refractivity contribution in [2.75, 3.05) is 27.4 Å². The summed E-state index contributed by atoms with van der Waals surface area (Å²) in [5.74, 6) is -1.91. The van der Waals surface area contributed by atoms with E-state index < -0.39 is 80.3 Å². The number of fused-ring (bicyclic) bond motifs is 3. The number of nitrogens with zero attached hydrogens (tertiary/aromatic N) is 2. The summed E-state index contributed by atoms with van der Waals surface area (Å²) < 4.78 is 51.0. The molecular weight excluding hydrogens is 731 g/mol. The van der Waals surface area contributed by atoms with Gasteiger partial charge in [0.2, 0.25) is 27.7 Å². The Labute approximate surface area is 322 Å². The third-order valence-corrected chi connectivity index (χ3v) is 12.5.